The molecule has 0 amide bonds. The summed E-state index contributed by atoms with van der Waals surface area (Å²) < 4.78 is 22.1. The molecule has 0 bridgehead atoms. The van der Waals surface area contributed by atoms with Gasteiger partial charge in [-0.05, 0) is 63.5 Å². The lowest BCUT2D eigenvalue weighted by molar-refractivity contribution is -0.305. The van der Waals surface area contributed by atoms with Crippen molar-refractivity contribution in [1.82, 2.24) is 0 Å². The van der Waals surface area contributed by atoms with Crippen molar-refractivity contribution in [2.75, 3.05) is 19.8 Å². The van der Waals surface area contributed by atoms with Gasteiger partial charge in [0, 0.05) is 12.8 Å². The number of aliphatic hydroxyl groups excluding tert-OH is 4. The molecule has 0 aliphatic carbocycles. The summed E-state index contributed by atoms with van der Waals surface area (Å²) in [6.07, 6.45) is 28.5. The molecule has 10 nitrogen and oxygen atoms in total. The molecule has 0 spiro atoms. The van der Waals surface area contributed by atoms with Gasteiger partial charge in [0.15, 0.2) is 12.4 Å². The van der Waals surface area contributed by atoms with Crippen molar-refractivity contribution < 1.29 is 49.0 Å². The Bertz CT molecular complexity index is 994. The van der Waals surface area contributed by atoms with Crippen LogP contribution in [0.4, 0.5) is 0 Å². The van der Waals surface area contributed by atoms with Gasteiger partial charge in [-0.1, -0.05) is 129 Å². The van der Waals surface area contributed by atoms with Gasteiger partial charge in [-0.25, -0.2) is 0 Å². The van der Waals surface area contributed by atoms with Gasteiger partial charge in [0.1, 0.15) is 31.0 Å². The third-order valence-electron chi connectivity index (χ3n) is 10.2. The molecule has 1 aliphatic heterocycles. The molecule has 1 heterocycles. The van der Waals surface area contributed by atoms with Gasteiger partial charge in [0.25, 0.3) is 0 Å². The van der Waals surface area contributed by atoms with Crippen LogP contribution in [0.1, 0.15) is 187 Å². The summed E-state index contributed by atoms with van der Waals surface area (Å²) in [6.45, 7) is 4.91. The van der Waals surface area contributed by atoms with Crippen LogP contribution in [0.5, 0.6) is 0 Å². The molecule has 6 atom stereocenters. The third-order valence-corrected chi connectivity index (χ3v) is 10.2. The zero-order valence-corrected chi connectivity index (χ0v) is 34.6. The van der Waals surface area contributed by atoms with Gasteiger partial charge >= 0.3 is 11.9 Å². The van der Waals surface area contributed by atoms with Crippen molar-refractivity contribution in [2.45, 2.75) is 224 Å². The van der Waals surface area contributed by atoms with Crippen LogP contribution >= 0.6 is 0 Å². The number of ether oxygens (including phenoxy) is 4. The van der Waals surface area contributed by atoms with E-state index in [9.17, 15) is 30.0 Å². The van der Waals surface area contributed by atoms with Crippen molar-refractivity contribution in [1.29, 1.82) is 0 Å². The zero-order valence-electron chi connectivity index (χ0n) is 34.6. The normalized spacial score (nSPS) is 20.1. The van der Waals surface area contributed by atoms with E-state index < -0.39 is 49.4 Å². The maximum Gasteiger partial charge on any atom is 0.306 e. The number of hydrogen-bond donors (Lipinski definition) is 4. The van der Waals surface area contributed by atoms with E-state index in [1.807, 2.05) is 6.08 Å². The van der Waals surface area contributed by atoms with Crippen LogP contribution in [-0.2, 0) is 28.5 Å². The molecule has 0 aromatic heterocycles. The summed E-state index contributed by atoms with van der Waals surface area (Å²) >= 11 is 0. The van der Waals surface area contributed by atoms with E-state index in [-0.39, 0.29) is 32.0 Å². The topological polar surface area (TPSA) is 152 Å². The first-order chi connectivity index (χ1) is 26.8. The Kier molecular flexibility index (Phi) is 33.7. The lowest BCUT2D eigenvalue weighted by Crippen LogP contribution is -2.59. The predicted octanol–water partition coefficient (Wildman–Crippen LogP) is 9.10. The third kappa shape index (κ3) is 28.1. The lowest BCUT2D eigenvalue weighted by atomic mass is 9.99. The number of unbranched alkanes of at least 4 members (excludes halogenated alkanes) is 23. The largest absolute Gasteiger partial charge is 0.462 e. The summed E-state index contributed by atoms with van der Waals surface area (Å²) in [7, 11) is 0. The molecule has 4 N–H and O–H groups in total. The molecule has 2 unspecified atom stereocenters. The summed E-state index contributed by atoms with van der Waals surface area (Å²) in [6, 6.07) is 0. The van der Waals surface area contributed by atoms with Gasteiger partial charge in [-0.2, -0.15) is 0 Å². The van der Waals surface area contributed by atoms with Gasteiger partial charge in [-0.3, -0.25) is 9.59 Å². The Morgan fingerprint density at radius 1 is 0.636 bits per heavy atom. The summed E-state index contributed by atoms with van der Waals surface area (Å²) in [5, 5.41) is 40.0. The molecular weight excluding hydrogens is 700 g/mol. The highest BCUT2D eigenvalue weighted by molar-refractivity contribution is 5.70. The molecule has 1 saturated heterocycles. The number of hydrogen-bond acceptors (Lipinski definition) is 10. The second-order valence-electron chi connectivity index (χ2n) is 15.3. The standard InChI is InChI=1S/C45H80O10/c1-3-5-7-9-11-13-15-17-19-21-23-25-27-29-31-33-40(47)52-36-38(37-53-45-44(51)43(50)42(49)39(35-46)55-45)54-41(48)34-32-30-28-26-24-22-20-18-16-14-12-10-8-6-4-2/h3,16,20,38-39,42-46,49-51H,1,4-15,17,19,21-37H2,2H3/t18?,38-,39-,42+,43?,44?,45-/m0/s1. The van der Waals surface area contributed by atoms with E-state index in [0.717, 1.165) is 70.6 Å². The Morgan fingerprint density at radius 2 is 1.11 bits per heavy atom. The van der Waals surface area contributed by atoms with Crippen LogP contribution in [0.25, 0.3) is 0 Å². The number of carbonyl (C=O) groups is 2. The summed E-state index contributed by atoms with van der Waals surface area (Å²) in [5.41, 5.74) is 3.29. The van der Waals surface area contributed by atoms with E-state index in [1.54, 1.807) is 0 Å². The minimum Gasteiger partial charge on any atom is -0.462 e. The molecule has 0 saturated carbocycles. The van der Waals surface area contributed by atoms with Crippen LogP contribution < -0.4 is 0 Å². The second kappa shape index (κ2) is 36.3. The smallest absolute Gasteiger partial charge is 0.306 e. The van der Waals surface area contributed by atoms with Crippen LogP contribution in [0.3, 0.4) is 0 Å². The number of carbonyl (C=O) groups excluding carboxylic acids is 2. The average molecular weight is 781 g/mol. The van der Waals surface area contributed by atoms with Crippen molar-refractivity contribution in [3.05, 3.63) is 30.5 Å². The van der Waals surface area contributed by atoms with Crippen molar-refractivity contribution in [3.8, 4) is 0 Å². The maximum absolute atomic E-state index is 12.7. The Hall–Kier alpha value is -2.04. The van der Waals surface area contributed by atoms with Crippen LogP contribution in [-0.4, -0.2) is 89.0 Å². The molecule has 0 radical (unpaired) electrons. The molecule has 0 aromatic carbocycles. The predicted molar refractivity (Wildman–Crippen MR) is 218 cm³/mol. The monoisotopic (exact) mass is 781 g/mol. The minimum atomic E-state index is -1.60. The van der Waals surface area contributed by atoms with Gasteiger partial charge in [-0.15, -0.1) is 12.3 Å². The highest BCUT2D eigenvalue weighted by Crippen LogP contribution is 2.23. The molecule has 320 valence electrons. The maximum atomic E-state index is 12.7. The number of aliphatic hydroxyl groups is 4. The minimum absolute atomic E-state index is 0.210. The molecule has 10 heteroatoms. The van der Waals surface area contributed by atoms with Crippen LogP contribution in [0, 0.1) is 0 Å². The molecule has 1 rings (SSSR count). The van der Waals surface area contributed by atoms with Gasteiger partial charge in [0.2, 0.25) is 0 Å². The van der Waals surface area contributed by atoms with Gasteiger partial charge < -0.3 is 39.4 Å². The Labute approximate surface area is 334 Å². The fourth-order valence-corrected chi connectivity index (χ4v) is 6.67. The van der Waals surface area contributed by atoms with E-state index in [1.165, 1.54) is 89.9 Å². The molecule has 1 fully saturated rings. The SMILES string of the molecule is C=CCCCCCCCCCCCCCCCC(=O)OC[C@@H](CO[C@H]1O[C@@H](CO)[C@@H](O)C(O)C1O)OC(=O)CCCCCCCC=C=CCCCCCCC. The van der Waals surface area contributed by atoms with E-state index >= 15 is 0 Å². The zero-order chi connectivity index (χ0) is 40.2. The first-order valence-electron chi connectivity index (χ1n) is 22.1. The Morgan fingerprint density at radius 3 is 1.62 bits per heavy atom. The highest BCUT2D eigenvalue weighted by Gasteiger charge is 2.44. The van der Waals surface area contributed by atoms with Crippen LogP contribution in [0.2, 0.25) is 0 Å². The molecular formula is C45H80O10. The van der Waals surface area contributed by atoms with E-state index in [2.05, 4.69) is 31.4 Å². The van der Waals surface area contributed by atoms with Gasteiger partial charge in [0.05, 0.1) is 13.2 Å². The highest BCUT2D eigenvalue weighted by atomic mass is 16.7. The lowest BCUT2D eigenvalue weighted by Gasteiger charge is -2.39. The number of esters is 2. The molecule has 1 aliphatic rings. The fraction of sp³-hybridized carbons (Fsp3) is 0.844. The van der Waals surface area contributed by atoms with Crippen molar-refractivity contribution in [3.63, 3.8) is 0 Å². The quantitative estimate of drug-likeness (QED) is 0.0208. The fourth-order valence-electron chi connectivity index (χ4n) is 6.67. The van der Waals surface area contributed by atoms with E-state index in [0.29, 0.717) is 6.42 Å². The summed E-state index contributed by atoms with van der Waals surface area (Å²) in [5.74, 6) is -0.827. The van der Waals surface area contributed by atoms with Crippen LogP contribution in [0.15, 0.2) is 30.5 Å². The Balaban J connectivity index is 2.34. The first kappa shape index (κ1) is 51.0. The average Bonchev–Trinajstić information content (AvgIpc) is 3.18. The molecule has 55 heavy (non-hydrogen) atoms. The number of rotatable bonds is 37. The number of allylic oxidation sites excluding steroid dienone is 2. The summed E-state index contributed by atoms with van der Waals surface area (Å²) in [4.78, 5) is 25.3. The van der Waals surface area contributed by atoms with E-state index in [4.69, 9.17) is 18.9 Å². The van der Waals surface area contributed by atoms with Crippen molar-refractivity contribution in [2.24, 2.45) is 0 Å². The molecule has 0 aromatic rings. The first-order valence-corrected chi connectivity index (χ1v) is 22.1. The van der Waals surface area contributed by atoms with Crippen molar-refractivity contribution >= 4 is 11.9 Å². The second-order valence-corrected chi connectivity index (χ2v) is 15.3.